The number of carbonyl (C=O) groups is 2. The Balaban J connectivity index is 0.894. The van der Waals surface area contributed by atoms with Gasteiger partial charge in [-0.15, -0.1) is 10.2 Å². The van der Waals surface area contributed by atoms with E-state index < -0.39 is 0 Å². The Bertz CT molecular complexity index is 1710. The highest BCUT2D eigenvalue weighted by atomic mass is 16.2. The third kappa shape index (κ3) is 5.64. The van der Waals surface area contributed by atoms with Crippen molar-refractivity contribution in [3.8, 4) is 22.9 Å². The van der Waals surface area contributed by atoms with Gasteiger partial charge < -0.3 is 15.1 Å². The molecule has 2 aliphatic rings. The largest absolute Gasteiger partial charge is 0.368 e. The number of fused-ring (bicyclic) bond motifs is 1. The van der Waals surface area contributed by atoms with Gasteiger partial charge in [0.25, 0.3) is 0 Å². The number of hydrogen-bond acceptors (Lipinski definition) is 10. The third-order valence-electron chi connectivity index (χ3n) is 8.08. The van der Waals surface area contributed by atoms with Crippen LogP contribution in [0.2, 0.25) is 0 Å². The summed E-state index contributed by atoms with van der Waals surface area (Å²) in [6.07, 6.45) is 4.18. The summed E-state index contributed by atoms with van der Waals surface area (Å²) < 4.78 is 0. The molecule has 0 radical (unpaired) electrons. The van der Waals surface area contributed by atoms with Crippen LogP contribution < -0.4 is 10.2 Å². The van der Waals surface area contributed by atoms with Crippen LogP contribution in [-0.2, 0) is 9.59 Å². The number of amides is 2. The molecule has 0 bridgehead atoms. The average molecular weight is 579 g/mol. The summed E-state index contributed by atoms with van der Waals surface area (Å²) in [6.45, 7) is 4.47. The first kappa shape index (κ1) is 26.6. The molecule has 0 aliphatic carbocycles. The van der Waals surface area contributed by atoms with E-state index in [1.807, 2.05) is 35.2 Å². The summed E-state index contributed by atoms with van der Waals surface area (Å²) in [7, 11) is 0. The highest BCUT2D eigenvalue weighted by Crippen LogP contribution is 2.27. The number of hydrogen-bond donors (Lipinski definition) is 3. The van der Waals surface area contributed by atoms with Crippen LogP contribution in [0.25, 0.3) is 33.8 Å². The second-order valence-electron chi connectivity index (χ2n) is 10.8. The number of aromatic nitrogens is 8. The van der Waals surface area contributed by atoms with Crippen LogP contribution in [0.3, 0.4) is 0 Å². The van der Waals surface area contributed by atoms with Gasteiger partial charge >= 0.3 is 0 Å². The van der Waals surface area contributed by atoms with E-state index in [2.05, 4.69) is 68.0 Å². The number of H-pyrrole nitrogens is 2. The maximum atomic E-state index is 13.1. The molecule has 2 fully saturated rings. The first-order valence-corrected chi connectivity index (χ1v) is 14.3. The molecule has 5 aromatic rings. The van der Waals surface area contributed by atoms with Crippen LogP contribution in [-0.4, -0.2) is 108 Å². The highest BCUT2D eigenvalue weighted by Gasteiger charge is 2.31. The lowest BCUT2D eigenvalue weighted by atomic mass is 10.1. The van der Waals surface area contributed by atoms with Gasteiger partial charge in [-0.1, -0.05) is 0 Å². The fourth-order valence-electron chi connectivity index (χ4n) is 5.73. The molecule has 2 saturated heterocycles. The summed E-state index contributed by atoms with van der Waals surface area (Å²) in [5.74, 6) is 0.942. The number of nitrogens with one attached hydrogen (secondary N) is 3. The van der Waals surface area contributed by atoms with Gasteiger partial charge in [0.2, 0.25) is 17.6 Å². The van der Waals surface area contributed by atoms with Crippen molar-refractivity contribution in [2.75, 3.05) is 56.0 Å². The van der Waals surface area contributed by atoms with E-state index in [0.717, 1.165) is 35.2 Å². The molecule has 14 nitrogen and oxygen atoms in total. The zero-order valence-electron chi connectivity index (χ0n) is 23.3. The molecule has 1 atom stereocenters. The number of benzene rings is 2. The lowest BCUT2D eigenvalue weighted by Gasteiger charge is -2.36. The third-order valence-corrected chi connectivity index (χ3v) is 8.08. The topological polar surface area (TPSA) is 165 Å². The van der Waals surface area contributed by atoms with Gasteiger partial charge in [0, 0.05) is 67.4 Å². The minimum atomic E-state index is -0.189. The zero-order valence-corrected chi connectivity index (χ0v) is 23.3. The molecule has 2 aromatic carbocycles. The molecule has 7 rings (SSSR count). The minimum absolute atomic E-state index is 0.0580. The van der Waals surface area contributed by atoms with Crippen LogP contribution >= 0.6 is 0 Å². The molecule has 2 aliphatic heterocycles. The molecule has 0 unspecified atom stereocenters. The summed E-state index contributed by atoms with van der Waals surface area (Å²) in [4.78, 5) is 41.1. The predicted molar refractivity (Wildman–Crippen MR) is 159 cm³/mol. The molecular weight excluding hydrogens is 548 g/mol. The van der Waals surface area contributed by atoms with Crippen LogP contribution in [0.15, 0.2) is 60.9 Å². The van der Waals surface area contributed by atoms with E-state index in [9.17, 15) is 9.59 Å². The summed E-state index contributed by atoms with van der Waals surface area (Å²) in [5.41, 5.74) is 4.13. The number of rotatable bonds is 7. The molecule has 14 heteroatoms. The second-order valence-corrected chi connectivity index (χ2v) is 10.8. The van der Waals surface area contributed by atoms with E-state index >= 15 is 0 Å². The van der Waals surface area contributed by atoms with Gasteiger partial charge in [-0.2, -0.15) is 10.3 Å². The van der Waals surface area contributed by atoms with Crippen molar-refractivity contribution < 1.29 is 9.59 Å². The Kier molecular flexibility index (Phi) is 7.17. The predicted octanol–water partition coefficient (Wildman–Crippen LogP) is 1.81. The summed E-state index contributed by atoms with van der Waals surface area (Å²) >= 11 is 0. The van der Waals surface area contributed by atoms with Gasteiger partial charge in [-0.05, 0) is 66.7 Å². The standard InChI is InChI=1S/C29H30N12O2/c42-25(41-14-12-40(13-15-41)22-5-2-19(3-6-22)27-30-9-1-10-31-27)18-39-11-8-20(17-39)29(43)32-21-4-7-24-23(16-21)26(34-33-24)28-35-37-38-36-28/h1-7,9-10,16,20H,8,11-15,17-18H2,(H,32,43)(H,33,34)(H,35,36,37,38)/t20-/m1/s1. The molecule has 0 saturated carbocycles. The smallest absolute Gasteiger partial charge is 0.236 e. The van der Waals surface area contributed by atoms with Crippen molar-refractivity contribution in [3.63, 3.8) is 0 Å². The normalized spacial score (nSPS) is 17.4. The Morgan fingerprint density at radius 2 is 1.74 bits per heavy atom. The van der Waals surface area contributed by atoms with Gasteiger partial charge in [0.05, 0.1) is 18.0 Å². The van der Waals surface area contributed by atoms with Gasteiger partial charge in [0.1, 0.15) is 5.69 Å². The van der Waals surface area contributed by atoms with E-state index in [4.69, 9.17) is 0 Å². The molecule has 43 heavy (non-hydrogen) atoms. The molecule has 5 heterocycles. The number of likely N-dealkylation sites (tertiary alicyclic amines) is 1. The number of tetrazole rings is 1. The number of anilines is 2. The van der Waals surface area contributed by atoms with Crippen LogP contribution in [0.5, 0.6) is 0 Å². The Hall–Kier alpha value is -5.24. The molecule has 3 aromatic heterocycles. The van der Waals surface area contributed by atoms with Gasteiger partial charge in [0.15, 0.2) is 5.82 Å². The molecular formula is C29H30N12O2. The van der Waals surface area contributed by atoms with E-state index in [1.54, 1.807) is 18.5 Å². The Morgan fingerprint density at radius 3 is 2.51 bits per heavy atom. The number of aromatic amines is 2. The number of piperazine rings is 1. The fourth-order valence-corrected chi connectivity index (χ4v) is 5.73. The van der Waals surface area contributed by atoms with Crippen molar-refractivity contribution in [2.45, 2.75) is 6.42 Å². The van der Waals surface area contributed by atoms with Gasteiger partial charge in [-0.3, -0.25) is 19.6 Å². The van der Waals surface area contributed by atoms with Crippen molar-refractivity contribution in [2.24, 2.45) is 5.92 Å². The van der Waals surface area contributed by atoms with E-state index in [-0.39, 0.29) is 17.7 Å². The summed E-state index contributed by atoms with van der Waals surface area (Å²) in [6, 6.07) is 15.6. The summed E-state index contributed by atoms with van der Waals surface area (Å²) in [5, 5.41) is 25.1. The van der Waals surface area contributed by atoms with Crippen molar-refractivity contribution >= 4 is 34.1 Å². The van der Waals surface area contributed by atoms with Gasteiger partial charge in [-0.25, -0.2) is 9.97 Å². The monoisotopic (exact) mass is 578 g/mol. The first-order valence-electron chi connectivity index (χ1n) is 14.3. The number of carbonyl (C=O) groups excluding carboxylic acids is 2. The second kappa shape index (κ2) is 11.6. The average Bonchev–Trinajstić information content (AvgIpc) is 3.83. The number of nitrogens with zero attached hydrogens (tertiary/aromatic N) is 9. The van der Waals surface area contributed by atoms with Crippen molar-refractivity contribution in [1.29, 1.82) is 0 Å². The first-order chi connectivity index (χ1) is 21.1. The zero-order chi connectivity index (χ0) is 29.2. The fraction of sp³-hybridized carbons (Fsp3) is 0.310. The van der Waals surface area contributed by atoms with Crippen molar-refractivity contribution in [1.82, 2.24) is 50.6 Å². The molecule has 2 amide bonds. The minimum Gasteiger partial charge on any atom is -0.368 e. The van der Waals surface area contributed by atoms with Crippen LogP contribution in [0.1, 0.15) is 6.42 Å². The van der Waals surface area contributed by atoms with Crippen LogP contribution in [0, 0.1) is 5.92 Å². The molecule has 0 spiro atoms. The Labute approximate surface area is 246 Å². The Morgan fingerprint density at radius 1 is 0.930 bits per heavy atom. The van der Waals surface area contributed by atoms with E-state index in [0.29, 0.717) is 62.2 Å². The molecule has 3 N–H and O–H groups in total. The maximum Gasteiger partial charge on any atom is 0.236 e. The van der Waals surface area contributed by atoms with Crippen LogP contribution in [0.4, 0.5) is 11.4 Å². The highest BCUT2D eigenvalue weighted by molar-refractivity contribution is 5.98. The SMILES string of the molecule is O=C(Nc1ccc2[nH]nc(-c3nn[nH]n3)c2c1)[C@@H]1CCN(CC(=O)N2CCN(c3ccc(-c4ncccn4)cc3)CC2)C1. The molecule has 218 valence electrons. The lowest BCUT2D eigenvalue weighted by Crippen LogP contribution is -2.51. The van der Waals surface area contributed by atoms with Crippen molar-refractivity contribution in [3.05, 3.63) is 60.9 Å². The lowest BCUT2D eigenvalue weighted by molar-refractivity contribution is -0.132. The maximum absolute atomic E-state index is 13.1. The quantitative estimate of drug-likeness (QED) is 0.259. The van der Waals surface area contributed by atoms with E-state index in [1.165, 1.54) is 0 Å².